The van der Waals surface area contributed by atoms with Crippen molar-refractivity contribution < 1.29 is 0 Å². The van der Waals surface area contributed by atoms with Gasteiger partial charge in [0, 0.05) is 16.9 Å². The first-order valence-corrected chi connectivity index (χ1v) is 4.74. The molecule has 1 rings (SSSR count). The number of hydrazine groups is 1. The Bertz CT molecular complexity index is 288. The molecule has 1 heterocycles. The van der Waals surface area contributed by atoms with E-state index in [1.807, 2.05) is 12.1 Å². The molecule has 70 valence electrons. The number of hydrogen-bond donors (Lipinski definition) is 2. The second-order valence-corrected chi connectivity index (χ2v) is 3.60. The van der Waals surface area contributed by atoms with Gasteiger partial charge in [0.15, 0.2) is 0 Å². The number of aromatic nitrogens is 1. The third-order valence-corrected chi connectivity index (χ3v) is 2.17. The van der Waals surface area contributed by atoms with E-state index in [-0.39, 0.29) is 6.04 Å². The average molecular weight is 242 g/mol. The number of nitrogens with one attached hydrogen (secondary N) is 1. The molecular weight excluding hydrogens is 230 g/mol. The minimum absolute atomic E-state index is 0.0856. The third kappa shape index (κ3) is 2.91. The van der Waals surface area contributed by atoms with Gasteiger partial charge in [-0.15, -0.1) is 6.58 Å². The van der Waals surface area contributed by atoms with Crippen LogP contribution < -0.4 is 11.3 Å². The van der Waals surface area contributed by atoms with E-state index in [1.165, 1.54) is 0 Å². The summed E-state index contributed by atoms with van der Waals surface area (Å²) in [7, 11) is 0. The molecule has 13 heavy (non-hydrogen) atoms. The van der Waals surface area contributed by atoms with Gasteiger partial charge in [-0.05, 0) is 34.0 Å². The smallest absolute Gasteiger partial charge is 0.0509 e. The first-order chi connectivity index (χ1) is 6.27. The van der Waals surface area contributed by atoms with Crippen LogP contribution in [0.1, 0.15) is 18.0 Å². The molecule has 0 fully saturated rings. The SMILES string of the molecule is C=CCC(NN)c1cncc(Br)c1. The lowest BCUT2D eigenvalue weighted by molar-refractivity contribution is 0.559. The Kier molecular flexibility index (Phi) is 4.08. The van der Waals surface area contributed by atoms with Gasteiger partial charge in [-0.1, -0.05) is 6.08 Å². The van der Waals surface area contributed by atoms with Crippen molar-refractivity contribution in [3.05, 3.63) is 41.2 Å². The van der Waals surface area contributed by atoms with Crippen molar-refractivity contribution in [2.24, 2.45) is 5.84 Å². The molecule has 0 amide bonds. The Hall–Kier alpha value is -0.710. The van der Waals surface area contributed by atoms with Crippen LogP contribution in [0.15, 0.2) is 35.6 Å². The van der Waals surface area contributed by atoms with E-state index in [1.54, 1.807) is 12.4 Å². The number of pyridine rings is 1. The van der Waals surface area contributed by atoms with Crippen LogP contribution in [-0.4, -0.2) is 4.98 Å². The maximum atomic E-state index is 5.40. The highest BCUT2D eigenvalue weighted by atomic mass is 79.9. The molecule has 0 aliphatic carbocycles. The number of rotatable bonds is 4. The number of hydrogen-bond acceptors (Lipinski definition) is 3. The zero-order valence-corrected chi connectivity index (χ0v) is 8.79. The van der Waals surface area contributed by atoms with E-state index < -0.39 is 0 Å². The molecule has 1 atom stereocenters. The van der Waals surface area contributed by atoms with E-state index in [2.05, 4.69) is 32.9 Å². The fourth-order valence-electron chi connectivity index (χ4n) is 1.09. The van der Waals surface area contributed by atoms with Gasteiger partial charge in [0.1, 0.15) is 0 Å². The number of nitrogens with zero attached hydrogens (tertiary/aromatic N) is 1. The van der Waals surface area contributed by atoms with Gasteiger partial charge < -0.3 is 0 Å². The van der Waals surface area contributed by atoms with Gasteiger partial charge in [0.25, 0.3) is 0 Å². The molecule has 3 nitrogen and oxygen atoms in total. The fraction of sp³-hybridized carbons (Fsp3) is 0.222. The van der Waals surface area contributed by atoms with Crippen molar-refractivity contribution in [3.63, 3.8) is 0 Å². The summed E-state index contributed by atoms with van der Waals surface area (Å²) < 4.78 is 0.953. The van der Waals surface area contributed by atoms with Crippen LogP contribution in [0, 0.1) is 0 Å². The third-order valence-electron chi connectivity index (χ3n) is 1.73. The number of nitrogens with two attached hydrogens (primary N) is 1. The average Bonchev–Trinajstić information content (AvgIpc) is 2.14. The molecular formula is C9H12BrN3. The Morgan fingerprint density at radius 3 is 3.00 bits per heavy atom. The summed E-state index contributed by atoms with van der Waals surface area (Å²) in [5.74, 6) is 5.40. The lowest BCUT2D eigenvalue weighted by Crippen LogP contribution is -2.27. The summed E-state index contributed by atoms with van der Waals surface area (Å²) >= 11 is 3.35. The molecule has 0 saturated heterocycles. The van der Waals surface area contributed by atoms with Gasteiger partial charge in [-0.2, -0.15) is 0 Å². The van der Waals surface area contributed by atoms with Gasteiger partial charge in [-0.3, -0.25) is 16.3 Å². The maximum absolute atomic E-state index is 5.40. The van der Waals surface area contributed by atoms with Gasteiger partial charge in [-0.25, -0.2) is 0 Å². The normalized spacial score (nSPS) is 12.5. The summed E-state index contributed by atoms with van der Waals surface area (Å²) in [6, 6.07) is 2.07. The summed E-state index contributed by atoms with van der Waals surface area (Å²) in [6.07, 6.45) is 6.14. The van der Waals surface area contributed by atoms with Crippen LogP contribution in [0.5, 0.6) is 0 Å². The van der Waals surface area contributed by atoms with Crippen molar-refractivity contribution in [3.8, 4) is 0 Å². The first-order valence-electron chi connectivity index (χ1n) is 3.95. The van der Waals surface area contributed by atoms with Gasteiger partial charge in [0.2, 0.25) is 0 Å². The van der Waals surface area contributed by atoms with Crippen LogP contribution in [-0.2, 0) is 0 Å². The molecule has 1 aromatic rings. The molecule has 1 unspecified atom stereocenters. The second kappa shape index (κ2) is 5.11. The minimum atomic E-state index is 0.0856. The molecule has 0 aromatic carbocycles. The zero-order valence-electron chi connectivity index (χ0n) is 7.20. The molecule has 0 spiro atoms. The standard InChI is InChI=1S/C9H12BrN3/c1-2-3-9(13-11)7-4-8(10)6-12-5-7/h2,4-6,9,13H,1,3,11H2. The largest absolute Gasteiger partial charge is 0.271 e. The van der Waals surface area contributed by atoms with Crippen LogP contribution in [0.4, 0.5) is 0 Å². The molecule has 0 aliphatic heterocycles. The summed E-state index contributed by atoms with van der Waals surface area (Å²) in [5.41, 5.74) is 3.77. The molecule has 3 N–H and O–H groups in total. The molecule has 0 saturated carbocycles. The predicted molar refractivity (Wildman–Crippen MR) is 56.8 cm³/mol. The Balaban J connectivity index is 2.84. The van der Waals surface area contributed by atoms with E-state index in [0.29, 0.717) is 0 Å². The second-order valence-electron chi connectivity index (χ2n) is 2.68. The molecule has 0 radical (unpaired) electrons. The summed E-state index contributed by atoms with van der Waals surface area (Å²) in [6.45, 7) is 3.67. The van der Waals surface area contributed by atoms with Crippen molar-refractivity contribution in [2.45, 2.75) is 12.5 Å². The Morgan fingerprint density at radius 1 is 1.69 bits per heavy atom. The van der Waals surface area contributed by atoms with Crippen molar-refractivity contribution in [2.75, 3.05) is 0 Å². The first kappa shape index (κ1) is 10.4. The predicted octanol–water partition coefficient (Wildman–Crippen LogP) is 1.92. The molecule has 1 aromatic heterocycles. The molecule has 0 aliphatic rings. The topological polar surface area (TPSA) is 50.9 Å². The van der Waals surface area contributed by atoms with E-state index in [4.69, 9.17) is 5.84 Å². The summed E-state index contributed by atoms with van der Waals surface area (Å²) in [4.78, 5) is 4.06. The highest BCUT2D eigenvalue weighted by molar-refractivity contribution is 9.10. The minimum Gasteiger partial charge on any atom is -0.271 e. The summed E-state index contributed by atoms with van der Waals surface area (Å²) in [5, 5.41) is 0. The fourth-order valence-corrected chi connectivity index (χ4v) is 1.47. The van der Waals surface area contributed by atoms with Crippen LogP contribution in [0.25, 0.3) is 0 Å². The van der Waals surface area contributed by atoms with Gasteiger partial charge in [0.05, 0.1) is 6.04 Å². The molecule has 0 bridgehead atoms. The monoisotopic (exact) mass is 241 g/mol. The van der Waals surface area contributed by atoms with Crippen molar-refractivity contribution >= 4 is 15.9 Å². The van der Waals surface area contributed by atoms with Crippen LogP contribution in [0.3, 0.4) is 0 Å². The lowest BCUT2D eigenvalue weighted by Gasteiger charge is -2.13. The maximum Gasteiger partial charge on any atom is 0.0509 e. The van der Waals surface area contributed by atoms with E-state index in [9.17, 15) is 0 Å². The zero-order chi connectivity index (χ0) is 9.68. The van der Waals surface area contributed by atoms with Crippen LogP contribution in [0.2, 0.25) is 0 Å². The van der Waals surface area contributed by atoms with Crippen LogP contribution >= 0.6 is 15.9 Å². The van der Waals surface area contributed by atoms with Gasteiger partial charge >= 0.3 is 0 Å². The highest BCUT2D eigenvalue weighted by Crippen LogP contribution is 2.18. The van der Waals surface area contributed by atoms with Crippen molar-refractivity contribution in [1.29, 1.82) is 0 Å². The van der Waals surface area contributed by atoms with E-state index in [0.717, 1.165) is 16.5 Å². The number of halogens is 1. The van der Waals surface area contributed by atoms with Crippen molar-refractivity contribution in [1.82, 2.24) is 10.4 Å². The highest BCUT2D eigenvalue weighted by Gasteiger charge is 2.07. The van der Waals surface area contributed by atoms with E-state index >= 15 is 0 Å². The lowest BCUT2D eigenvalue weighted by atomic mass is 10.1. The Labute approximate surface area is 86.1 Å². The Morgan fingerprint density at radius 2 is 2.46 bits per heavy atom. The quantitative estimate of drug-likeness (QED) is 0.481. The molecule has 4 heteroatoms.